The van der Waals surface area contributed by atoms with Gasteiger partial charge in [0.2, 0.25) is 5.88 Å². The Hall–Kier alpha value is -3.07. The number of ether oxygens (including phenoxy) is 1. The first-order chi connectivity index (χ1) is 13.7. The first-order valence-electron chi connectivity index (χ1n) is 9.10. The van der Waals surface area contributed by atoms with Crippen molar-refractivity contribution in [2.75, 3.05) is 37.7 Å². The molecule has 1 amide bonds. The van der Waals surface area contributed by atoms with E-state index in [1.807, 2.05) is 36.1 Å². The van der Waals surface area contributed by atoms with E-state index in [0.717, 1.165) is 16.5 Å². The Balaban J connectivity index is 1.39. The summed E-state index contributed by atoms with van der Waals surface area (Å²) in [4.78, 5) is 34.0. The average Bonchev–Trinajstić information content (AvgIpc) is 3.25. The highest BCUT2D eigenvalue weighted by atomic mass is 32.1. The average molecular weight is 396 g/mol. The lowest BCUT2D eigenvalue weighted by Crippen LogP contribution is -2.49. The Kier molecular flexibility index (Phi) is 5.43. The minimum atomic E-state index is -0.0456. The molecule has 8 nitrogen and oxygen atoms in total. The van der Waals surface area contributed by atoms with Crippen molar-refractivity contribution >= 4 is 23.1 Å². The number of pyridine rings is 1. The third-order valence-electron chi connectivity index (χ3n) is 4.42. The molecule has 0 aliphatic carbocycles. The number of carbonyl (C=O) groups excluding carboxylic acids is 1. The smallest absolute Gasteiger partial charge is 0.273 e. The monoisotopic (exact) mass is 396 g/mol. The fourth-order valence-electron chi connectivity index (χ4n) is 3.01. The van der Waals surface area contributed by atoms with Crippen LogP contribution in [0.5, 0.6) is 5.88 Å². The maximum absolute atomic E-state index is 12.8. The normalized spacial score (nSPS) is 14.2. The molecule has 0 unspecified atom stereocenters. The summed E-state index contributed by atoms with van der Waals surface area (Å²) in [6, 6.07) is 7.50. The highest BCUT2D eigenvalue weighted by molar-refractivity contribution is 7.13. The second-order valence-corrected chi connectivity index (χ2v) is 7.04. The van der Waals surface area contributed by atoms with Crippen molar-refractivity contribution in [1.29, 1.82) is 0 Å². The van der Waals surface area contributed by atoms with Gasteiger partial charge in [-0.1, -0.05) is 6.07 Å². The van der Waals surface area contributed by atoms with Crippen LogP contribution in [0.2, 0.25) is 0 Å². The second kappa shape index (κ2) is 8.30. The maximum atomic E-state index is 12.8. The standard InChI is InChI=1S/C19H20N6O2S/c1-2-27-17-11-16(21-13-22-17)24-7-9-25(10-8-24)19(26)15-12-28-18(23-15)14-5-3-4-6-20-14/h3-6,11-13H,2,7-10H2,1H3. The molecule has 0 spiro atoms. The van der Waals surface area contributed by atoms with Gasteiger partial charge in [0.25, 0.3) is 5.91 Å². The molecule has 0 radical (unpaired) electrons. The molecule has 1 aliphatic rings. The van der Waals surface area contributed by atoms with Crippen LogP contribution in [0.1, 0.15) is 17.4 Å². The van der Waals surface area contributed by atoms with Crippen molar-refractivity contribution in [3.05, 3.63) is 47.9 Å². The number of anilines is 1. The van der Waals surface area contributed by atoms with E-state index in [1.54, 1.807) is 11.6 Å². The molecule has 4 heterocycles. The molecule has 3 aromatic heterocycles. The van der Waals surface area contributed by atoms with Crippen molar-refractivity contribution in [3.63, 3.8) is 0 Å². The lowest BCUT2D eigenvalue weighted by Gasteiger charge is -2.35. The van der Waals surface area contributed by atoms with E-state index in [-0.39, 0.29) is 5.91 Å². The number of hydrogen-bond donors (Lipinski definition) is 0. The molecule has 0 N–H and O–H groups in total. The molecule has 1 saturated heterocycles. The minimum absolute atomic E-state index is 0.0456. The molecule has 1 aliphatic heterocycles. The van der Waals surface area contributed by atoms with E-state index in [0.29, 0.717) is 44.4 Å². The molecule has 144 valence electrons. The molecule has 28 heavy (non-hydrogen) atoms. The molecular weight excluding hydrogens is 376 g/mol. The highest BCUT2D eigenvalue weighted by Gasteiger charge is 2.25. The van der Waals surface area contributed by atoms with Crippen LogP contribution in [0.25, 0.3) is 10.7 Å². The van der Waals surface area contributed by atoms with Crippen molar-refractivity contribution in [1.82, 2.24) is 24.8 Å². The first kappa shape index (κ1) is 18.3. The van der Waals surface area contributed by atoms with Gasteiger partial charge in [0.15, 0.2) is 0 Å². The quantitative estimate of drug-likeness (QED) is 0.654. The van der Waals surface area contributed by atoms with Crippen LogP contribution in [0, 0.1) is 0 Å². The van der Waals surface area contributed by atoms with Gasteiger partial charge in [-0.25, -0.2) is 15.0 Å². The predicted octanol–water partition coefficient (Wildman–Crippen LogP) is 2.36. The minimum Gasteiger partial charge on any atom is -0.478 e. The summed E-state index contributed by atoms with van der Waals surface area (Å²) < 4.78 is 5.44. The second-order valence-electron chi connectivity index (χ2n) is 6.18. The van der Waals surface area contributed by atoms with Gasteiger partial charge in [-0.15, -0.1) is 11.3 Å². The van der Waals surface area contributed by atoms with Crippen LogP contribution in [-0.2, 0) is 0 Å². The Morgan fingerprint density at radius 3 is 2.79 bits per heavy atom. The van der Waals surface area contributed by atoms with Crippen molar-refractivity contribution in [2.45, 2.75) is 6.92 Å². The zero-order valence-electron chi connectivity index (χ0n) is 15.5. The summed E-state index contributed by atoms with van der Waals surface area (Å²) in [5, 5.41) is 2.56. The number of nitrogens with zero attached hydrogens (tertiary/aromatic N) is 6. The summed E-state index contributed by atoms with van der Waals surface area (Å²) in [5.41, 5.74) is 1.25. The largest absolute Gasteiger partial charge is 0.478 e. The molecule has 0 aromatic carbocycles. The third kappa shape index (κ3) is 3.94. The van der Waals surface area contributed by atoms with Crippen LogP contribution < -0.4 is 9.64 Å². The molecule has 3 aromatic rings. The van der Waals surface area contributed by atoms with Crippen LogP contribution in [-0.4, -0.2) is 63.5 Å². The summed E-state index contributed by atoms with van der Waals surface area (Å²) in [7, 11) is 0. The number of piperazine rings is 1. The molecule has 1 fully saturated rings. The van der Waals surface area contributed by atoms with E-state index in [2.05, 4.69) is 24.8 Å². The first-order valence-corrected chi connectivity index (χ1v) is 9.98. The Morgan fingerprint density at radius 1 is 1.18 bits per heavy atom. The Labute approximate surface area is 166 Å². The van der Waals surface area contributed by atoms with Crippen molar-refractivity contribution in [2.24, 2.45) is 0 Å². The van der Waals surface area contributed by atoms with Gasteiger partial charge in [-0.05, 0) is 19.1 Å². The van der Waals surface area contributed by atoms with Gasteiger partial charge in [0.1, 0.15) is 22.8 Å². The van der Waals surface area contributed by atoms with E-state index in [1.165, 1.54) is 17.7 Å². The molecule has 0 saturated carbocycles. The lowest BCUT2D eigenvalue weighted by molar-refractivity contribution is 0.0741. The number of amides is 1. The summed E-state index contributed by atoms with van der Waals surface area (Å²) in [5.74, 6) is 1.34. The van der Waals surface area contributed by atoms with Crippen LogP contribution in [0.3, 0.4) is 0 Å². The Morgan fingerprint density at radius 2 is 2.04 bits per heavy atom. The molecule has 0 atom stereocenters. The van der Waals surface area contributed by atoms with Gasteiger partial charge < -0.3 is 14.5 Å². The Bertz CT molecular complexity index is 940. The molecule has 0 bridgehead atoms. The van der Waals surface area contributed by atoms with Crippen LogP contribution in [0.4, 0.5) is 5.82 Å². The molecule has 4 rings (SSSR count). The highest BCUT2D eigenvalue weighted by Crippen LogP contribution is 2.23. The van der Waals surface area contributed by atoms with Crippen molar-refractivity contribution < 1.29 is 9.53 Å². The SMILES string of the molecule is CCOc1cc(N2CCN(C(=O)c3csc(-c4ccccn4)n3)CC2)ncn1. The number of carbonyl (C=O) groups is 1. The predicted molar refractivity (Wildman–Crippen MR) is 107 cm³/mol. The number of aromatic nitrogens is 4. The van der Waals surface area contributed by atoms with E-state index >= 15 is 0 Å². The fraction of sp³-hybridized carbons (Fsp3) is 0.316. The maximum Gasteiger partial charge on any atom is 0.273 e. The van der Waals surface area contributed by atoms with Gasteiger partial charge in [0, 0.05) is 43.8 Å². The van der Waals surface area contributed by atoms with E-state index < -0.39 is 0 Å². The summed E-state index contributed by atoms with van der Waals surface area (Å²) in [6.45, 7) is 5.11. The molecule has 9 heteroatoms. The van der Waals surface area contributed by atoms with Gasteiger partial charge in [-0.2, -0.15) is 0 Å². The zero-order valence-corrected chi connectivity index (χ0v) is 16.3. The topological polar surface area (TPSA) is 84.3 Å². The van der Waals surface area contributed by atoms with Crippen LogP contribution >= 0.6 is 11.3 Å². The van der Waals surface area contributed by atoms with Crippen molar-refractivity contribution in [3.8, 4) is 16.6 Å². The summed E-state index contributed by atoms with van der Waals surface area (Å²) in [6.07, 6.45) is 3.23. The fourth-order valence-corrected chi connectivity index (χ4v) is 3.78. The number of thiazole rings is 1. The summed E-state index contributed by atoms with van der Waals surface area (Å²) >= 11 is 1.44. The molecular formula is C19H20N6O2S. The number of hydrogen-bond acceptors (Lipinski definition) is 8. The number of rotatable bonds is 5. The van der Waals surface area contributed by atoms with E-state index in [9.17, 15) is 4.79 Å². The van der Waals surface area contributed by atoms with Crippen LogP contribution in [0.15, 0.2) is 42.2 Å². The zero-order chi connectivity index (χ0) is 19.3. The van der Waals surface area contributed by atoms with Gasteiger partial charge >= 0.3 is 0 Å². The lowest BCUT2D eigenvalue weighted by atomic mass is 10.3. The van der Waals surface area contributed by atoms with Gasteiger partial charge in [-0.3, -0.25) is 9.78 Å². The van der Waals surface area contributed by atoms with Gasteiger partial charge in [0.05, 0.1) is 12.3 Å². The third-order valence-corrected chi connectivity index (χ3v) is 5.28. The van der Waals surface area contributed by atoms with E-state index in [4.69, 9.17) is 4.74 Å².